The molecule has 0 atom stereocenters. The molecule has 0 aromatic heterocycles. The lowest BCUT2D eigenvalue weighted by Crippen LogP contribution is -2.46. The van der Waals surface area contributed by atoms with Crippen molar-refractivity contribution in [2.24, 2.45) is 5.92 Å². The highest BCUT2D eigenvalue weighted by Crippen LogP contribution is 2.41. The zero-order chi connectivity index (χ0) is 23.2. The molecule has 1 saturated carbocycles. The Morgan fingerprint density at radius 1 is 1.13 bits per heavy atom. The van der Waals surface area contributed by atoms with Crippen LogP contribution in [0, 0.1) is 5.92 Å². The summed E-state index contributed by atoms with van der Waals surface area (Å²) in [5.41, 5.74) is -0.480. The van der Waals surface area contributed by atoms with Crippen molar-refractivity contribution in [2.75, 3.05) is 13.2 Å². The molecule has 0 heterocycles. The SMILES string of the molecule is C=C(COCCCCC(F)(F)C(F)(F)S(=O)(=O)O)C(=O)OC1(C(C)C)CCCCC1. The number of hydrogen-bond acceptors (Lipinski definition) is 5. The van der Waals surface area contributed by atoms with Crippen LogP contribution >= 0.6 is 0 Å². The Morgan fingerprint density at radius 2 is 1.70 bits per heavy atom. The van der Waals surface area contributed by atoms with Gasteiger partial charge >= 0.3 is 27.3 Å². The van der Waals surface area contributed by atoms with Crippen LogP contribution in [0.25, 0.3) is 0 Å². The number of unbranched alkanes of at least 4 members (excludes halogenated alkanes) is 1. The standard InChI is InChI=1S/C19H30F4O6S/c1-14(2)17(9-5-4-6-10-17)29-16(24)15(3)13-28-12-8-7-11-18(20,21)19(22,23)30(25,26)27/h14H,3-13H2,1-2H3,(H,25,26,27). The number of esters is 1. The van der Waals surface area contributed by atoms with E-state index in [4.69, 9.17) is 14.0 Å². The summed E-state index contributed by atoms with van der Waals surface area (Å²) in [4.78, 5) is 12.3. The van der Waals surface area contributed by atoms with E-state index in [9.17, 15) is 30.8 Å². The van der Waals surface area contributed by atoms with Crippen molar-refractivity contribution in [1.29, 1.82) is 0 Å². The first kappa shape index (κ1) is 26.8. The molecule has 1 aliphatic rings. The topological polar surface area (TPSA) is 89.9 Å². The molecular weight excluding hydrogens is 432 g/mol. The number of carbonyl (C=O) groups is 1. The van der Waals surface area contributed by atoms with Crippen molar-refractivity contribution in [1.82, 2.24) is 0 Å². The van der Waals surface area contributed by atoms with Gasteiger partial charge in [0.1, 0.15) is 5.60 Å². The largest absolute Gasteiger partial charge is 0.455 e. The summed E-state index contributed by atoms with van der Waals surface area (Å²) < 4.78 is 92.9. The van der Waals surface area contributed by atoms with Gasteiger partial charge in [0.2, 0.25) is 0 Å². The number of halogens is 4. The summed E-state index contributed by atoms with van der Waals surface area (Å²) >= 11 is 0. The maximum absolute atomic E-state index is 13.4. The molecule has 0 aromatic rings. The Morgan fingerprint density at radius 3 is 2.20 bits per heavy atom. The minimum absolute atomic E-state index is 0.0591. The number of hydrogen-bond donors (Lipinski definition) is 1. The molecular formula is C19H30F4O6S. The van der Waals surface area contributed by atoms with E-state index in [0.717, 1.165) is 32.1 Å². The molecule has 1 fully saturated rings. The van der Waals surface area contributed by atoms with Crippen LogP contribution in [-0.2, 0) is 24.4 Å². The van der Waals surface area contributed by atoms with Crippen LogP contribution in [0.1, 0.15) is 65.2 Å². The van der Waals surface area contributed by atoms with Gasteiger partial charge in [0, 0.05) is 13.0 Å². The van der Waals surface area contributed by atoms with Crippen molar-refractivity contribution < 1.29 is 44.8 Å². The van der Waals surface area contributed by atoms with Crippen LogP contribution < -0.4 is 0 Å². The third-order valence-corrected chi connectivity index (χ3v) is 6.34. The van der Waals surface area contributed by atoms with Crippen molar-refractivity contribution in [3.63, 3.8) is 0 Å². The fourth-order valence-electron chi connectivity index (χ4n) is 3.34. The molecule has 0 spiro atoms. The molecule has 1 aliphatic carbocycles. The summed E-state index contributed by atoms with van der Waals surface area (Å²) in [7, 11) is -6.23. The van der Waals surface area contributed by atoms with Crippen LogP contribution in [0.3, 0.4) is 0 Å². The smallest absolute Gasteiger partial charge is 0.431 e. The van der Waals surface area contributed by atoms with E-state index in [0.29, 0.717) is 0 Å². The average Bonchev–Trinajstić information content (AvgIpc) is 2.63. The average molecular weight is 463 g/mol. The molecule has 30 heavy (non-hydrogen) atoms. The number of alkyl halides is 4. The molecule has 176 valence electrons. The van der Waals surface area contributed by atoms with Crippen LogP contribution in [0.2, 0.25) is 0 Å². The molecule has 0 saturated heterocycles. The maximum Gasteiger partial charge on any atom is 0.431 e. The first-order valence-corrected chi connectivity index (χ1v) is 11.3. The minimum Gasteiger partial charge on any atom is -0.455 e. The van der Waals surface area contributed by atoms with Crippen molar-refractivity contribution in [2.45, 2.75) is 82.0 Å². The second-order valence-electron chi connectivity index (χ2n) is 7.98. The molecule has 11 heteroatoms. The molecule has 0 radical (unpaired) electrons. The summed E-state index contributed by atoms with van der Waals surface area (Å²) in [6.07, 6.45) is 2.54. The Balaban J connectivity index is 2.39. The molecule has 0 unspecified atom stereocenters. The zero-order valence-corrected chi connectivity index (χ0v) is 18.1. The van der Waals surface area contributed by atoms with Gasteiger partial charge in [-0.1, -0.05) is 26.8 Å². The van der Waals surface area contributed by atoms with Gasteiger partial charge in [0.15, 0.2) is 0 Å². The minimum atomic E-state index is -6.23. The van der Waals surface area contributed by atoms with Gasteiger partial charge in [-0.15, -0.1) is 0 Å². The Bertz CT molecular complexity index is 700. The summed E-state index contributed by atoms with van der Waals surface area (Å²) in [6, 6.07) is 0. The first-order valence-electron chi connectivity index (χ1n) is 9.88. The van der Waals surface area contributed by atoms with Crippen molar-refractivity contribution in [3.8, 4) is 0 Å². The fraction of sp³-hybridized carbons (Fsp3) is 0.842. The van der Waals surface area contributed by atoms with Gasteiger partial charge in [-0.25, -0.2) is 4.79 Å². The highest BCUT2D eigenvalue weighted by molar-refractivity contribution is 7.87. The van der Waals surface area contributed by atoms with E-state index in [1.807, 2.05) is 13.8 Å². The van der Waals surface area contributed by atoms with E-state index in [1.165, 1.54) is 0 Å². The molecule has 1 rings (SSSR count). The van der Waals surface area contributed by atoms with Crippen LogP contribution in [0.4, 0.5) is 17.6 Å². The number of carbonyl (C=O) groups excluding carboxylic acids is 1. The van der Waals surface area contributed by atoms with Crippen molar-refractivity contribution in [3.05, 3.63) is 12.2 Å². The van der Waals surface area contributed by atoms with Crippen molar-refractivity contribution >= 4 is 16.1 Å². The lowest BCUT2D eigenvalue weighted by Gasteiger charge is -2.40. The lowest BCUT2D eigenvalue weighted by molar-refractivity contribution is -0.165. The normalized spacial score (nSPS) is 17.7. The zero-order valence-electron chi connectivity index (χ0n) is 17.3. The number of rotatable bonds is 12. The van der Waals surface area contributed by atoms with Gasteiger partial charge in [-0.2, -0.15) is 26.0 Å². The molecule has 1 N–H and O–H groups in total. The number of ether oxygens (including phenoxy) is 2. The summed E-state index contributed by atoms with van der Waals surface area (Å²) in [6.45, 7) is 7.25. The Hall–Kier alpha value is -1.20. The second kappa shape index (κ2) is 10.4. The van der Waals surface area contributed by atoms with Crippen LogP contribution in [0.15, 0.2) is 12.2 Å². The molecule has 6 nitrogen and oxygen atoms in total. The van der Waals surface area contributed by atoms with Gasteiger partial charge in [-0.05, 0) is 44.4 Å². The van der Waals surface area contributed by atoms with E-state index >= 15 is 0 Å². The third-order valence-electron chi connectivity index (χ3n) is 5.39. The van der Waals surface area contributed by atoms with Gasteiger partial charge in [0.25, 0.3) is 0 Å². The molecule has 0 amide bonds. The second-order valence-corrected chi connectivity index (χ2v) is 9.44. The lowest BCUT2D eigenvalue weighted by atomic mass is 9.77. The molecule has 0 aliphatic heterocycles. The first-order chi connectivity index (χ1) is 13.7. The van der Waals surface area contributed by atoms with E-state index in [2.05, 4.69) is 6.58 Å². The fourth-order valence-corrected chi connectivity index (χ4v) is 3.82. The Labute approximate surface area is 174 Å². The maximum atomic E-state index is 13.4. The third kappa shape index (κ3) is 6.65. The monoisotopic (exact) mass is 462 g/mol. The highest BCUT2D eigenvalue weighted by atomic mass is 32.2. The van der Waals surface area contributed by atoms with Crippen LogP contribution in [0.5, 0.6) is 0 Å². The molecule has 0 aromatic carbocycles. The van der Waals surface area contributed by atoms with E-state index in [1.54, 1.807) is 0 Å². The quantitative estimate of drug-likeness (QED) is 0.148. The highest BCUT2D eigenvalue weighted by Gasteiger charge is 2.64. The van der Waals surface area contributed by atoms with Gasteiger partial charge in [0.05, 0.1) is 12.2 Å². The summed E-state index contributed by atoms with van der Waals surface area (Å²) in [5.74, 6) is -5.37. The van der Waals surface area contributed by atoms with E-state index in [-0.39, 0.29) is 31.1 Å². The predicted molar refractivity (Wildman–Crippen MR) is 102 cm³/mol. The van der Waals surface area contributed by atoms with Gasteiger partial charge in [-0.3, -0.25) is 4.55 Å². The Kier molecular flexibility index (Phi) is 9.31. The summed E-state index contributed by atoms with van der Waals surface area (Å²) in [5, 5.41) is -5.57. The van der Waals surface area contributed by atoms with Gasteiger partial charge < -0.3 is 9.47 Å². The van der Waals surface area contributed by atoms with Crippen LogP contribution in [-0.4, -0.2) is 48.9 Å². The van der Waals surface area contributed by atoms with E-state index < -0.39 is 45.7 Å². The predicted octanol–water partition coefficient (Wildman–Crippen LogP) is 4.75. The molecule has 0 bridgehead atoms.